The van der Waals surface area contributed by atoms with E-state index in [0.717, 1.165) is 26.2 Å². The van der Waals surface area contributed by atoms with Crippen molar-refractivity contribution in [1.29, 1.82) is 0 Å². The van der Waals surface area contributed by atoms with Gasteiger partial charge in [0.1, 0.15) is 0 Å². The number of rotatable bonds is 5. The Morgan fingerprint density at radius 3 is 2.89 bits per heavy atom. The molecule has 5 nitrogen and oxygen atoms in total. The molecule has 108 valence electrons. The van der Waals surface area contributed by atoms with Crippen molar-refractivity contribution >= 4 is 0 Å². The first kappa shape index (κ1) is 14.5. The maximum atomic E-state index is 4.34. The Morgan fingerprint density at radius 2 is 2.21 bits per heavy atom. The predicted molar refractivity (Wildman–Crippen MR) is 78.2 cm³/mol. The lowest BCUT2D eigenvalue weighted by molar-refractivity contribution is 0.112. The minimum Gasteiger partial charge on any atom is -0.308 e. The van der Waals surface area contributed by atoms with Gasteiger partial charge in [0.2, 0.25) is 0 Å². The average Bonchev–Trinajstić information content (AvgIpc) is 2.88. The zero-order valence-corrected chi connectivity index (χ0v) is 12.6. The van der Waals surface area contributed by atoms with Crippen LogP contribution >= 0.6 is 0 Å². The second-order valence-corrected chi connectivity index (χ2v) is 5.66. The van der Waals surface area contributed by atoms with Crippen molar-refractivity contribution in [2.24, 2.45) is 0 Å². The van der Waals surface area contributed by atoms with Gasteiger partial charge in [-0.25, -0.2) is 0 Å². The summed E-state index contributed by atoms with van der Waals surface area (Å²) in [6, 6.07) is 0.961. The summed E-state index contributed by atoms with van der Waals surface area (Å²) in [5.41, 5.74) is 1.27. The zero-order chi connectivity index (χ0) is 13.8. The summed E-state index contributed by atoms with van der Waals surface area (Å²) in [7, 11) is 4.42. The topological polar surface area (TPSA) is 36.3 Å². The number of likely N-dealkylation sites (N-methyl/N-ethyl adjacent to an activating group) is 2. The normalized spacial score (nSPS) is 23.7. The highest BCUT2D eigenvalue weighted by molar-refractivity contribution is 5.09. The van der Waals surface area contributed by atoms with E-state index >= 15 is 0 Å². The van der Waals surface area contributed by atoms with Crippen LogP contribution in [0.1, 0.15) is 25.5 Å². The van der Waals surface area contributed by atoms with Crippen LogP contribution in [-0.4, -0.2) is 65.9 Å². The van der Waals surface area contributed by atoms with Crippen LogP contribution in [0.15, 0.2) is 12.4 Å². The van der Waals surface area contributed by atoms with Gasteiger partial charge in [-0.1, -0.05) is 0 Å². The first-order chi connectivity index (χ1) is 9.10. The molecule has 2 rings (SSSR count). The van der Waals surface area contributed by atoms with Crippen LogP contribution in [-0.2, 0) is 6.54 Å². The molecule has 0 bridgehead atoms. The van der Waals surface area contributed by atoms with E-state index in [1.54, 1.807) is 0 Å². The second kappa shape index (κ2) is 6.50. The average molecular weight is 265 g/mol. The van der Waals surface area contributed by atoms with E-state index in [-0.39, 0.29) is 0 Å². The van der Waals surface area contributed by atoms with E-state index in [1.165, 1.54) is 12.1 Å². The lowest BCUT2D eigenvalue weighted by Gasteiger charge is -2.38. The smallest absolute Gasteiger partial charge is 0.0537 e. The van der Waals surface area contributed by atoms with E-state index in [2.05, 4.69) is 54.4 Å². The molecule has 1 aromatic rings. The summed E-state index contributed by atoms with van der Waals surface area (Å²) in [6.07, 6.45) is 4.10. The molecule has 1 saturated heterocycles. The molecule has 0 aliphatic carbocycles. The van der Waals surface area contributed by atoms with Crippen molar-refractivity contribution in [2.45, 2.75) is 32.5 Å². The highest BCUT2D eigenvalue weighted by Gasteiger charge is 2.22. The number of aryl methyl sites for hydroxylation is 1. The van der Waals surface area contributed by atoms with Gasteiger partial charge in [0.25, 0.3) is 0 Å². The van der Waals surface area contributed by atoms with Gasteiger partial charge in [-0.15, -0.1) is 0 Å². The lowest BCUT2D eigenvalue weighted by Crippen LogP contribution is -2.53. The third-order valence-electron chi connectivity index (χ3n) is 4.12. The fourth-order valence-corrected chi connectivity index (χ4v) is 2.53. The number of hydrogen-bond acceptors (Lipinski definition) is 4. The van der Waals surface area contributed by atoms with Crippen LogP contribution in [0.5, 0.6) is 0 Å². The zero-order valence-electron chi connectivity index (χ0n) is 12.6. The van der Waals surface area contributed by atoms with Crippen LogP contribution < -0.4 is 5.32 Å². The summed E-state index contributed by atoms with van der Waals surface area (Å²) in [4.78, 5) is 4.86. The summed E-state index contributed by atoms with van der Waals surface area (Å²) >= 11 is 0. The minimum atomic E-state index is 0.362. The van der Waals surface area contributed by atoms with Gasteiger partial charge in [0.15, 0.2) is 0 Å². The highest BCUT2D eigenvalue weighted by atomic mass is 15.3. The van der Waals surface area contributed by atoms with Crippen LogP contribution in [0.25, 0.3) is 0 Å². The van der Waals surface area contributed by atoms with E-state index in [4.69, 9.17) is 0 Å². The molecule has 1 aliphatic rings. The number of piperazine rings is 1. The van der Waals surface area contributed by atoms with E-state index < -0.39 is 0 Å². The van der Waals surface area contributed by atoms with Gasteiger partial charge in [0.05, 0.1) is 6.20 Å². The predicted octanol–water partition coefficient (Wildman–Crippen LogP) is 0.799. The van der Waals surface area contributed by atoms with Gasteiger partial charge >= 0.3 is 0 Å². The lowest BCUT2D eigenvalue weighted by atomic mass is 10.1. The highest BCUT2D eigenvalue weighted by Crippen LogP contribution is 2.12. The van der Waals surface area contributed by atoms with E-state index in [1.807, 2.05) is 10.9 Å². The van der Waals surface area contributed by atoms with Crippen molar-refractivity contribution in [3.05, 3.63) is 18.0 Å². The van der Waals surface area contributed by atoms with Gasteiger partial charge in [0, 0.05) is 56.6 Å². The monoisotopic (exact) mass is 265 g/mol. The Labute approximate surface area is 116 Å². The molecule has 2 unspecified atom stereocenters. The van der Waals surface area contributed by atoms with Gasteiger partial charge < -0.3 is 10.2 Å². The fourth-order valence-electron chi connectivity index (χ4n) is 2.53. The van der Waals surface area contributed by atoms with Gasteiger partial charge in [-0.2, -0.15) is 5.10 Å². The van der Waals surface area contributed by atoms with E-state index in [9.17, 15) is 0 Å². The standard InChI is InChI=1S/C14H27N5/c1-5-19-10-13(8-16-19)12(2)15-9-14-11-17(3)6-7-18(14)4/h8,10,12,14-15H,5-7,9,11H2,1-4H3. The van der Waals surface area contributed by atoms with Crippen molar-refractivity contribution in [1.82, 2.24) is 24.9 Å². The fraction of sp³-hybridized carbons (Fsp3) is 0.786. The maximum Gasteiger partial charge on any atom is 0.0537 e. The first-order valence-electron chi connectivity index (χ1n) is 7.24. The number of hydrogen-bond donors (Lipinski definition) is 1. The Balaban J connectivity index is 1.83. The Morgan fingerprint density at radius 1 is 1.42 bits per heavy atom. The summed E-state index contributed by atoms with van der Waals surface area (Å²) < 4.78 is 1.98. The van der Waals surface area contributed by atoms with E-state index in [0.29, 0.717) is 12.1 Å². The quantitative estimate of drug-likeness (QED) is 0.854. The Hall–Kier alpha value is -0.910. The molecule has 1 aromatic heterocycles. The number of nitrogens with zero attached hydrogens (tertiary/aromatic N) is 4. The summed E-state index contributed by atoms with van der Waals surface area (Å²) in [5, 5.41) is 7.97. The molecule has 0 aromatic carbocycles. The van der Waals surface area contributed by atoms with Crippen molar-refractivity contribution in [3.63, 3.8) is 0 Å². The molecule has 19 heavy (non-hydrogen) atoms. The second-order valence-electron chi connectivity index (χ2n) is 5.66. The van der Waals surface area contributed by atoms with Gasteiger partial charge in [-0.3, -0.25) is 9.58 Å². The molecule has 0 radical (unpaired) electrons. The number of nitrogens with one attached hydrogen (secondary N) is 1. The number of aromatic nitrogens is 2. The molecule has 2 atom stereocenters. The third-order valence-corrected chi connectivity index (χ3v) is 4.12. The van der Waals surface area contributed by atoms with Crippen LogP contribution in [0, 0.1) is 0 Å². The van der Waals surface area contributed by atoms with Crippen molar-refractivity contribution in [2.75, 3.05) is 40.3 Å². The molecule has 5 heteroatoms. The molecule has 1 N–H and O–H groups in total. The molecule has 0 spiro atoms. The molecule has 1 fully saturated rings. The van der Waals surface area contributed by atoms with Crippen molar-refractivity contribution < 1.29 is 0 Å². The summed E-state index contributed by atoms with van der Waals surface area (Å²) in [6.45, 7) is 9.76. The molecule has 2 heterocycles. The Bertz CT molecular complexity index is 389. The first-order valence-corrected chi connectivity index (χ1v) is 7.24. The Kier molecular flexibility index (Phi) is 4.96. The van der Waals surface area contributed by atoms with Crippen LogP contribution in [0.2, 0.25) is 0 Å². The molecular weight excluding hydrogens is 238 g/mol. The molecule has 0 saturated carbocycles. The largest absolute Gasteiger partial charge is 0.308 e. The molecular formula is C14H27N5. The molecule has 1 aliphatic heterocycles. The minimum absolute atomic E-state index is 0.362. The van der Waals surface area contributed by atoms with Gasteiger partial charge in [-0.05, 0) is 27.9 Å². The van der Waals surface area contributed by atoms with Crippen LogP contribution in [0.4, 0.5) is 0 Å². The van der Waals surface area contributed by atoms with Crippen molar-refractivity contribution in [3.8, 4) is 0 Å². The van der Waals surface area contributed by atoms with Crippen LogP contribution in [0.3, 0.4) is 0 Å². The maximum absolute atomic E-state index is 4.34. The SMILES string of the molecule is CCn1cc(C(C)NCC2CN(C)CCN2C)cn1. The third kappa shape index (κ3) is 3.78. The molecule has 0 amide bonds. The summed E-state index contributed by atoms with van der Waals surface area (Å²) in [5.74, 6) is 0.